The molecule has 0 aliphatic carbocycles. The lowest BCUT2D eigenvalue weighted by Crippen LogP contribution is -2.01. The zero-order chi connectivity index (χ0) is 33.4. The van der Waals surface area contributed by atoms with E-state index in [0.29, 0.717) is 0 Å². The van der Waals surface area contributed by atoms with Crippen LogP contribution in [0, 0.1) is 0 Å². The highest BCUT2D eigenvalue weighted by molar-refractivity contribution is 8.51. The van der Waals surface area contributed by atoms with Crippen molar-refractivity contribution in [2.24, 2.45) is 0 Å². The molecule has 0 aliphatic rings. The minimum absolute atomic E-state index is 0.755. The van der Waals surface area contributed by atoms with Gasteiger partial charge in [0.15, 0.2) is 0 Å². The number of hydrogen-bond donors (Lipinski definition) is 0. The van der Waals surface area contributed by atoms with Crippen LogP contribution in [0.2, 0.25) is 0 Å². The predicted octanol–water partition coefficient (Wildman–Crippen LogP) is 14.3. The largest absolute Gasteiger partial charge is 0.494 e. The Balaban J connectivity index is 1.68. The van der Waals surface area contributed by atoms with Crippen LogP contribution in [-0.2, 0) is 0 Å². The summed E-state index contributed by atoms with van der Waals surface area (Å²) in [5.74, 6) is 2.70. The molecular weight excluding hydrogens is 620 g/mol. The van der Waals surface area contributed by atoms with Crippen LogP contribution < -0.4 is 14.2 Å². The molecule has 0 amide bonds. The Kier molecular flexibility index (Phi) is 19.9. The van der Waals surface area contributed by atoms with E-state index in [1.165, 1.54) is 96.3 Å². The van der Waals surface area contributed by atoms with Crippen molar-refractivity contribution >= 4 is 19.9 Å². The van der Waals surface area contributed by atoms with Crippen LogP contribution in [0.4, 0.5) is 0 Å². The summed E-state index contributed by atoms with van der Waals surface area (Å²) in [5, 5.41) is 0. The van der Waals surface area contributed by atoms with Crippen molar-refractivity contribution in [1.82, 2.24) is 0 Å². The van der Waals surface area contributed by atoms with Crippen molar-refractivity contribution < 1.29 is 14.2 Å². The second-order valence-electron chi connectivity index (χ2n) is 12.8. The van der Waals surface area contributed by atoms with Gasteiger partial charge in [0.2, 0.25) is 0 Å². The second-order valence-corrected chi connectivity index (χ2v) is 16.7. The van der Waals surface area contributed by atoms with Gasteiger partial charge in [-0.3, -0.25) is 0 Å². The lowest BCUT2D eigenvalue weighted by Gasteiger charge is -2.34. The number of rotatable bonds is 27. The number of hydrogen-bond acceptors (Lipinski definition) is 3. The molecule has 0 saturated heterocycles. The van der Waals surface area contributed by atoms with Gasteiger partial charge in [-0.25, -0.2) is 0 Å². The van der Waals surface area contributed by atoms with Crippen LogP contribution >= 0.6 is 19.9 Å². The third-order valence-corrected chi connectivity index (χ3v) is 13.1. The summed E-state index contributed by atoms with van der Waals surface area (Å²) < 4.78 is 18.3. The fraction of sp³-hybridized carbons (Fsp3) is 0.571. The monoisotopic (exact) mass is 682 g/mol. The Morgan fingerprint density at radius 3 is 0.851 bits per heavy atom. The molecule has 0 radical (unpaired) electrons. The van der Waals surface area contributed by atoms with Gasteiger partial charge in [-0.1, -0.05) is 137 Å². The zero-order valence-corrected chi connectivity index (χ0v) is 31.4. The van der Waals surface area contributed by atoms with Crippen molar-refractivity contribution in [3.05, 3.63) is 72.8 Å². The molecule has 0 aromatic heterocycles. The van der Waals surface area contributed by atoms with Gasteiger partial charge in [-0.15, -0.1) is 0 Å². The van der Waals surface area contributed by atoms with Crippen molar-refractivity contribution in [3.63, 3.8) is 0 Å². The summed E-state index contributed by atoms with van der Waals surface area (Å²) >= 11 is 0. The van der Waals surface area contributed by atoms with E-state index < -0.39 is 9.24 Å². The Labute approximate surface area is 294 Å². The molecule has 0 bridgehead atoms. The fourth-order valence-corrected chi connectivity index (χ4v) is 9.07. The van der Waals surface area contributed by atoms with E-state index in [9.17, 15) is 0 Å². The lowest BCUT2D eigenvalue weighted by atomic mass is 10.1. The third kappa shape index (κ3) is 14.4. The van der Waals surface area contributed by atoms with E-state index in [0.717, 1.165) is 71.0 Å². The standard InChI is InChI=1S/C42H63ClO3S/c1-4-7-10-13-16-19-34-44-37-22-28-40(29-23-37)47(43,41-30-24-38(25-31-41)45-35-20-17-14-11-8-5-2)42-32-26-39(27-33-42)46-36-21-18-15-12-9-6-3/h22-33H,4-21,34-36H2,1-3H3. The van der Waals surface area contributed by atoms with Gasteiger partial charge < -0.3 is 14.2 Å². The van der Waals surface area contributed by atoms with E-state index in [4.69, 9.17) is 24.9 Å². The van der Waals surface area contributed by atoms with Gasteiger partial charge >= 0.3 is 0 Å². The van der Waals surface area contributed by atoms with E-state index in [2.05, 4.69) is 93.6 Å². The minimum atomic E-state index is -2.03. The normalized spacial score (nSPS) is 11.8. The van der Waals surface area contributed by atoms with Crippen LogP contribution in [0.3, 0.4) is 0 Å². The Morgan fingerprint density at radius 1 is 0.362 bits per heavy atom. The number of benzene rings is 3. The predicted molar refractivity (Wildman–Crippen MR) is 204 cm³/mol. The van der Waals surface area contributed by atoms with Crippen LogP contribution in [0.15, 0.2) is 87.5 Å². The van der Waals surface area contributed by atoms with E-state index in [1.54, 1.807) is 0 Å². The van der Waals surface area contributed by atoms with Crippen molar-refractivity contribution in [2.75, 3.05) is 19.8 Å². The molecule has 0 unspecified atom stereocenters. The van der Waals surface area contributed by atoms with E-state index in [-0.39, 0.29) is 0 Å². The van der Waals surface area contributed by atoms with Crippen LogP contribution in [0.25, 0.3) is 0 Å². The Bertz CT molecular complexity index is 1030. The lowest BCUT2D eigenvalue weighted by molar-refractivity contribution is 0.304. The van der Waals surface area contributed by atoms with Crippen LogP contribution in [0.1, 0.15) is 136 Å². The molecule has 0 saturated carbocycles. The smallest absolute Gasteiger partial charge is 0.119 e. The van der Waals surface area contributed by atoms with Gasteiger partial charge in [0, 0.05) is 14.7 Å². The molecule has 0 aliphatic heterocycles. The highest BCUT2D eigenvalue weighted by atomic mass is 35.7. The van der Waals surface area contributed by atoms with Gasteiger partial charge in [0.1, 0.15) is 17.2 Å². The number of halogens is 1. The average Bonchev–Trinajstić information content (AvgIpc) is 3.11. The molecule has 5 heteroatoms. The number of ether oxygens (including phenoxy) is 3. The van der Waals surface area contributed by atoms with Gasteiger partial charge in [-0.2, -0.15) is 0 Å². The topological polar surface area (TPSA) is 27.7 Å². The van der Waals surface area contributed by atoms with Gasteiger partial charge in [-0.05, 0) is 92.1 Å². The third-order valence-electron chi connectivity index (χ3n) is 8.75. The first-order chi connectivity index (χ1) is 23.1. The molecule has 3 nitrogen and oxygen atoms in total. The summed E-state index contributed by atoms with van der Waals surface area (Å²) in [6.07, 6.45) is 22.6. The highest BCUT2D eigenvalue weighted by Crippen LogP contribution is 2.72. The number of unbranched alkanes of at least 4 members (excludes halogenated alkanes) is 15. The highest BCUT2D eigenvalue weighted by Gasteiger charge is 2.29. The summed E-state index contributed by atoms with van der Waals surface area (Å²) in [7, 11) is 5.76. The molecule has 3 aromatic carbocycles. The SMILES string of the molecule is CCCCCCCCOc1ccc(S(Cl)(c2ccc(OCCCCCCCC)cc2)c2ccc(OCCCCCCCC)cc2)cc1. The average molecular weight is 683 g/mol. The summed E-state index contributed by atoms with van der Waals surface area (Å²) in [6, 6.07) is 25.3. The first kappa shape index (κ1) is 39.1. The van der Waals surface area contributed by atoms with E-state index >= 15 is 0 Å². The first-order valence-corrected chi connectivity index (χ1v) is 21.3. The maximum Gasteiger partial charge on any atom is 0.119 e. The van der Waals surface area contributed by atoms with Gasteiger partial charge in [0.25, 0.3) is 0 Å². The quantitative estimate of drug-likeness (QED) is 0.0749. The fourth-order valence-electron chi connectivity index (χ4n) is 5.80. The summed E-state index contributed by atoms with van der Waals surface area (Å²) in [5.41, 5.74) is 0. The Morgan fingerprint density at radius 2 is 0.596 bits per heavy atom. The zero-order valence-electron chi connectivity index (χ0n) is 29.8. The van der Waals surface area contributed by atoms with Crippen LogP contribution in [-0.4, -0.2) is 19.8 Å². The molecule has 0 spiro atoms. The van der Waals surface area contributed by atoms with Crippen molar-refractivity contribution in [1.29, 1.82) is 0 Å². The molecule has 0 atom stereocenters. The van der Waals surface area contributed by atoms with Crippen molar-refractivity contribution in [3.8, 4) is 17.2 Å². The summed E-state index contributed by atoms with van der Waals surface area (Å²) in [4.78, 5) is 3.27. The molecule has 3 aromatic rings. The summed E-state index contributed by atoms with van der Waals surface area (Å²) in [6.45, 7) is 9.03. The molecule has 3 rings (SSSR count). The van der Waals surface area contributed by atoms with Crippen LogP contribution in [0.5, 0.6) is 17.2 Å². The molecule has 262 valence electrons. The van der Waals surface area contributed by atoms with Gasteiger partial charge in [0.05, 0.1) is 19.8 Å². The van der Waals surface area contributed by atoms with E-state index in [1.807, 2.05) is 0 Å². The Hall–Kier alpha value is -2.30. The maximum absolute atomic E-state index is 7.80. The molecule has 0 fully saturated rings. The first-order valence-electron chi connectivity index (χ1n) is 18.8. The minimum Gasteiger partial charge on any atom is -0.494 e. The molecule has 0 N–H and O–H groups in total. The maximum atomic E-state index is 7.80. The molecule has 0 heterocycles. The van der Waals surface area contributed by atoms with Crippen molar-refractivity contribution in [2.45, 2.75) is 151 Å². The second kappa shape index (κ2) is 23.9. The molecular formula is C42H63ClO3S. The molecule has 47 heavy (non-hydrogen) atoms.